The molecule has 0 saturated carbocycles. The molecule has 3 N–H and O–H groups in total. The molecule has 44 heavy (non-hydrogen) atoms. The average molecular weight is 622 g/mol. The number of nitrogens with one attached hydrogen (secondary N) is 3. The summed E-state index contributed by atoms with van der Waals surface area (Å²) in [5.74, 6) is 0.0666. The van der Waals surface area contributed by atoms with Gasteiger partial charge in [-0.1, -0.05) is 43.7 Å². The Balaban J connectivity index is 1.52. The number of imidazole rings is 1. The summed E-state index contributed by atoms with van der Waals surface area (Å²) in [6, 6.07) is 17.2. The minimum atomic E-state index is -3.97. The molecule has 0 aliphatic heterocycles. The zero-order valence-corrected chi connectivity index (χ0v) is 25.2. The number of benzene rings is 3. The Hall–Kier alpha value is -4.91. The van der Waals surface area contributed by atoms with Crippen molar-refractivity contribution in [2.45, 2.75) is 43.5 Å². The quantitative estimate of drug-likeness (QED) is 0.185. The second-order valence-electron chi connectivity index (χ2n) is 10.2. The largest absolute Gasteiger partial charge is 0.493 e. The van der Waals surface area contributed by atoms with Crippen LogP contribution < -0.4 is 25.4 Å². The van der Waals surface area contributed by atoms with Crippen LogP contribution in [0.2, 0.25) is 0 Å². The molecular weight excluding hydrogens is 589 g/mol. The van der Waals surface area contributed by atoms with Gasteiger partial charge < -0.3 is 14.5 Å². The van der Waals surface area contributed by atoms with E-state index in [1.165, 1.54) is 43.1 Å². The summed E-state index contributed by atoms with van der Waals surface area (Å²) in [5, 5.41) is 0. The highest BCUT2D eigenvalue weighted by atomic mass is 32.2. The lowest BCUT2D eigenvalue weighted by Crippen LogP contribution is -2.30. The maximum absolute atomic E-state index is 14.8. The SMILES string of the molecule is CCCCn1c(=O)[nH]c(=O)c2[nH]c([C@H](Cc3ccccc3F)c3ccc(NS(=O)(=O)c4ccc(OC)c(OC)c4)cc3)nc21. The minimum Gasteiger partial charge on any atom is -0.493 e. The Kier molecular flexibility index (Phi) is 8.86. The standard InChI is InChI=1S/C31H32FN5O6S/c1-4-5-16-37-29-27(30(38)35-31(37)39)33-28(34-29)23(17-20-8-6-7-9-24(20)32)19-10-12-21(13-11-19)36-44(40,41)22-14-15-25(42-2)26(18-22)43-3/h6-15,18,23,36H,4-5,16-17H2,1-3H3,(H,33,34)(H,35,38,39)/t23-/m1/s1. The van der Waals surface area contributed by atoms with Crippen LogP contribution in [0.1, 0.15) is 42.6 Å². The molecule has 2 heterocycles. The van der Waals surface area contributed by atoms with Crippen molar-refractivity contribution in [1.82, 2.24) is 19.5 Å². The van der Waals surface area contributed by atoms with Gasteiger partial charge >= 0.3 is 5.69 Å². The smallest absolute Gasteiger partial charge is 0.330 e. The fraction of sp³-hybridized carbons (Fsp3) is 0.258. The normalized spacial score (nSPS) is 12.3. The molecule has 0 fully saturated rings. The van der Waals surface area contributed by atoms with E-state index in [1.807, 2.05) is 6.92 Å². The van der Waals surface area contributed by atoms with Crippen LogP contribution in [0.15, 0.2) is 81.2 Å². The van der Waals surface area contributed by atoms with Crippen molar-refractivity contribution in [2.75, 3.05) is 18.9 Å². The first-order valence-corrected chi connectivity index (χ1v) is 15.4. The van der Waals surface area contributed by atoms with Crippen LogP contribution in [-0.2, 0) is 23.0 Å². The second-order valence-corrected chi connectivity index (χ2v) is 11.9. The van der Waals surface area contributed by atoms with E-state index < -0.39 is 33.0 Å². The highest BCUT2D eigenvalue weighted by molar-refractivity contribution is 7.92. The summed E-state index contributed by atoms with van der Waals surface area (Å²) in [6.07, 6.45) is 1.73. The molecule has 0 aliphatic carbocycles. The fourth-order valence-corrected chi connectivity index (χ4v) is 6.06. The number of sulfonamides is 1. The first-order chi connectivity index (χ1) is 21.1. The topological polar surface area (TPSA) is 148 Å². The summed E-state index contributed by atoms with van der Waals surface area (Å²) < 4.78 is 55.5. The van der Waals surface area contributed by atoms with Gasteiger partial charge in [0.15, 0.2) is 17.1 Å². The van der Waals surface area contributed by atoms with Gasteiger partial charge in [-0.15, -0.1) is 0 Å². The molecule has 2 aromatic heterocycles. The molecule has 0 radical (unpaired) electrons. The molecular formula is C31H32FN5O6S. The summed E-state index contributed by atoms with van der Waals surface area (Å²) in [6.45, 7) is 2.37. The lowest BCUT2D eigenvalue weighted by molar-refractivity contribution is 0.354. The second kappa shape index (κ2) is 12.8. The number of halogens is 1. The van der Waals surface area contributed by atoms with Crippen LogP contribution in [0, 0.1) is 5.82 Å². The van der Waals surface area contributed by atoms with Crippen molar-refractivity contribution in [3.8, 4) is 11.5 Å². The van der Waals surface area contributed by atoms with E-state index in [4.69, 9.17) is 9.47 Å². The molecule has 0 saturated heterocycles. The highest BCUT2D eigenvalue weighted by Crippen LogP contribution is 2.32. The van der Waals surface area contributed by atoms with Crippen LogP contribution in [0.3, 0.4) is 0 Å². The van der Waals surface area contributed by atoms with Crippen molar-refractivity contribution in [1.29, 1.82) is 0 Å². The van der Waals surface area contributed by atoms with Crippen molar-refractivity contribution in [3.05, 3.63) is 110 Å². The summed E-state index contributed by atoms with van der Waals surface area (Å²) in [5.41, 5.74) is 0.622. The molecule has 13 heteroatoms. The van der Waals surface area contributed by atoms with E-state index in [2.05, 4.69) is 19.7 Å². The van der Waals surface area contributed by atoms with Gasteiger partial charge in [0.05, 0.1) is 19.1 Å². The molecule has 0 unspecified atom stereocenters. The van der Waals surface area contributed by atoms with Crippen molar-refractivity contribution < 1.29 is 22.3 Å². The van der Waals surface area contributed by atoms with Crippen molar-refractivity contribution >= 4 is 26.9 Å². The van der Waals surface area contributed by atoms with Crippen LogP contribution in [0.25, 0.3) is 11.2 Å². The third-order valence-corrected chi connectivity index (χ3v) is 8.71. The number of anilines is 1. The van der Waals surface area contributed by atoms with Gasteiger partial charge in [0.1, 0.15) is 17.2 Å². The number of nitrogens with zero attached hydrogens (tertiary/aromatic N) is 2. The van der Waals surface area contributed by atoms with E-state index in [9.17, 15) is 22.4 Å². The van der Waals surface area contributed by atoms with Gasteiger partial charge in [-0.3, -0.25) is 19.1 Å². The predicted octanol–water partition coefficient (Wildman–Crippen LogP) is 4.54. The van der Waals surface area contributed by atoms with Gasteiger partial charge in [-0.05, 0) is 54.3 Å². The number of aryl methyl sites for hydroxylation is 1. The summed E-state index contributed by atoms with van der Waals surface area (Å²) in [7, 11) is -1.10. The average Bonchev–Trinajstić information content (AvgIpc) is 3.46. The molecule has 0 spiro atoms. The number of fused-ring (bicyclic) bond motifs is 1. The van der Waals surface area contributed by atoms with Crippen LogP contribution in [0.4, 0.5) is 10.1 Å². The molecule has 3 aromatic carbocycles. The Morgan fingerprint density at radius 2 is 1.70 bits per heavy atom. The number of ether oxygens (including phenoxy) is 2. The number of hydrogen-bond donors (Lipinski definition) is 3. The Bertz CT molecular complexity index is 2020. The Morgan fingerprint density at radius 1 is 0.977 bits per heavy atom. The van der Waals surface area contributed by atoms with Crippen molar-refractivity contribution in [3.63, 3.8) is 0 Å². The number of unbranched alkanes of at least 4 members (excludes halogenated alkanes) is 1. The lowest BCUT2D eigenvalue weighted by Gasteiger charge is -2.17. The maximum Gasteiger partial charge on any atom is 0.330 e. The molecule has 1 atom stereocenters. The molecule has 5 rings (SSSR count). The number of methoxy groups -OCH3 is 2. The highest BCUT2D eigenvalue weighted by Gasteiger charge is 2.24. The summed E-state index contributed by atoms with van der Waals surface area (Å²) >= 11 is 0. The number of aromatic nitrogens is 4. The van der Waals surface area contributed by atoms with Gasteiger partial charge in [0.2, 0.25) is 0 Å². The van der Waals surface area contributed by atoms with Gasteiger partial charge in [-0.25, -0.2) is 22.6 Å². The van der Waals surface area contributed by atoms with E-state index >= 15 is 0 Å². The predicted molar refractivity (Wildman–Crippen MR) is 165 cm³/mol. The first kappa shape index (κ1) is 30.5. The van der Waals surface area contributed by atoms with Crippen molar-refractivity contribution in [2.24, 2.45) is 0 Å². The van der Waals surface area contributed by atoms with Crippen LogP contribution in [0.5, 0.6) is 11.5 Å². The first-order valence-electron chi connectivity index (χ1n) is 14.0. The summed E-state index contributed by atoms with van der Waals surface area (Å²) in [4.78, 5) is 35.4. The number of rotatable bonds is 12. The molecule has 0 bridgehead atoms. The molecule has 230 valence electrons. The van der Waals surface area contributed by atoms with E-state index in [-0.39, 0.29) is 28.2 Å². The monoisotopic (exact) mass is 621 g/mol. The third-order valence-electron chi connectivity index (χ3n) is 7.33. The molecule has 0 amide bonds. The van der Waals surface area contributed by atoms with E-state index in [0.717, 1.165) is 6.42 Å². The van der Waals surface area contributed by atoms with E-state index in [0.29, 0.717) is 41.4 Å². The fourth-order valence-electron chi connectivity index (χ4n) is 4.99. The van der Waals surface area contributed by atoms with E-state index in [1.54, 1.807) is 42.5 Å². The zero-order valence-electron chi connectivity index (χ0n) is 24.4. The Labute approximate surface area is 252 Å². The van der Waals surface area contributed by atoms with Crippen LogP contribution >= 0.6 is 0 Å². The number of hydrogen-bond acceptors (Lipinski definition) is 7. The molecule has 0 aliphatic rings. The zero-order chi connectivity index (χ0) is 31.4. The molecule has 11 nitrogen and oxygen atoms in total. The van der Waals surface area contributed by atoms with Gasteiger partial charge in [0.25, 0.3) is 15.6 Å². The number of aromatic amines is 2. The third kappa shape index (κ3) is 6.23. The lowest BCUT2D eigenvalue weighted by atomic mass is 9.91. The van der Waals surface area contributed by atoms with Gasteiger partial charge in [-0.2, -0.15) is 0 Å². The Morgan fingerprint density at radius 3 is 2.39 bits per heavy atom. The van der Waals surface area contributed by atoms with Gasteiger partial charge in [0, 0.05) is 24.2 Å². The maximum atomic E-state index is 14.8. The van der Waals surface area contributed by atoms with Crippen LogP contribution in [-0.4, -0.2) is 42.2 Å². The molecule has 5 aromatic rings. The minimum absolute atomic E-state index is 0.0155. The number of H-pyrrole nitrogens is 2.